The Labute approximate surface area is 107 Å². The van der Waals surface area contributed by atoms with Gasteiger partial charge in [-0.05, 0) is 19.2 Å². The number of rotatable bonds is 3. The monoisotopic (exact) mass is 270 g/mol. The first-order valence-corrected chi connectivity index (χ1v) is 5.70. The van der Waals surface area contributed by atoms with Crippen molar-refractivity contribution >= 4 is 16.7 Å². The molecule has 0 unspecified atom stereocenters. The Morgan fingerprint density at radius 3 is 2.63 bits per heavy atom. The van der Waals surface area contributed by atoms with Crippen molar-refractivity contribution in [3.63, 3.8) is 0 Å². The van der Waals surface area contributed by atoms with Crippen LogP contribution in [0, 0.1) is 0 Å². The zero-order valence-corrected chi connectivity index (χ0v) is 10.3. The number of aromatic nitrogens is 2. The van der Waals surface area contributed by atoms with Crippen LogP contribution in [0.5, 0.6) is 0 Å². The van der Waals surface area contributed by atoms with E-state index in [1.54, 1.807) is 7.05 Å². The average molecular weight is 270 g/mol. The predicted molar refractivity (Wildman–Crippen MR) is 66.6 cm³/mol. The SMILES string of the molecule is CNCCc1nc(N)c2cccc(C(F)(F)F)c2n1. The van der Waals surface area contributed by atoms with Crippen molar-refractivity contribution in [2.75, 3.05) is 19.3 Å². The highest BCUT2D eigenvalue weighted by atomic mass is 19.4. The lowest BCUT2D eigenvalue weighted by atomic mass is 10.1. The summed E-state index contributed by atoms with van der Waals surface area (Å²) in [5.74, 6) is 0.373. The largest absolute Gasteiger partial charge is 0.418 e. The number of hydrogen-bond donors (Lipinski definition) is 2. The van der Waals surface area contributed by atoms with E-state index in [0.717, 1.165) is 6.07 Å². The van der Waals surface area contributed by atoms with Crippen LogP contribution in [0.4, 0.5) is 19.0 Å². The van der Waals surface area contributed by atoms with Crippen LogP contribution in [0.1, 0.15) is 11.4 Å². The summed E-state index contributed by atoms with van der Waals surface area (Å²) in [6, 6.07) is 3.79. The third-order valence-corrected chi connectivity index (χ3v) is 2.71. The predicted octanol–water partition coefficient (Wildman–Crippen LogP) is 1.99. The zero-order valence-electron chi connectivity index (χ0n) is 10.3. The number of nitrogens with zero attached hydrogens (tertiary/aromatic N) is 2. The molecule has 0 aliphatic heterocycles. The molecule has 0 bridgehead atoms. The minimum Gasteiger partial charge on any atom is -0.383 e. The topological polar surface area (TPSA) is 63.8 Å². The Hall–Kier alpha value is -1.89. The number of likely N-dealkylation sites (N-methyl/N-ethyl adjacent to an activating group) is 1. The molecule has 0 spiro atoms. The Balaban J connectivity index is 2.62. The normalized spacial score (nSPS) is 12.0. The number of fused-ring (bicyclic) bond motifs is 1. The van der Waals surface area contributed by atoms with Crippen LogP contribution in [0.25, 0.3) is 10.9 Å². The van der Waals surface area contributed by atoms with Crippen molar-refractivity contribution in [1.29, 1.82) is 0 Å². The van der Waals surface area contributed by atoms with Gasteiger partial charge in [0, 0.05) is 18.4 Å². The van der Waals surface area contributed by atoms with Gasteiger partial charge in [0.05, 0.1) is 11.1 Å². The Morgan fingerprint density at radius 2 is 2.00 bits per heavy atom. The van der Waals surface area contributed by atoms with Crippen molar-refractivity contribution < 1.29 is 13.2 Å². The van der Waals surface area contributed by atoms with Crippen LogP contribution in [-0.4, -0.2) is 23.6 Å². The molecule has 0 atom stereocenters. The number of hydrogen-bond acceptors (Lipinski definition) is 4. The molecule has 4 nitrogen and oxygen atoms in total. The second-order valence-corrected chi connectivity index (χ2v) is 4.08. The van der Waals surface area contributed by atoms with E-state index in [-0.39, 0.29) is 16.7 Å². The van der Waals surface area contributed by atoms with E-state index in [1.807, 2.05) is 0 Å². The second kappa shape index (κ2) is 5.00. The van der Waals surface area contributed by atoms with Crippen molar-refractivity contribution in [2.45, 2.75) is 12.6 Å². The molecule has 0 aliphatic rings. The molecule has 19 heavy (non-hydrogen) atoms. The maximum Gasteiger partial charge on any atom is 0.418 e. The molecule has 1 heterocycles. The standard InChI is InChI=1S/C12H13F3N4/c1-17-6-5-9-18-10-7(11(16)19-9)3-2-4-8(10)12(13,14)15/h2-4,17H,5-6H2,1H3,(H2,16,18,19). The van der Waals surface area contributed by atoms with E-state index in [9.17, 15) is 13.2 Å². The summed E-state index contributed by atoms with van der Waals surface area (Å²) >= 11 is 0. The van der Waals surface area contributed by atoms with Crippen molar-refractivity contribution in [1.82, 2.24) is 15.3 Å². The van der Waals surface area contributed by atoms with Gasteiger partial charge in [-0.25, -0.2) is 9.97 Å². The fraction of sp³-hybridized carbons (Fsp3) is 0.333. The van der Waals surface area contributed by atoms with Gasteiger partial charge in [-0.3, -0.25) is 0 Å². The maximum atomic E-state index is 12.9. The highest BCUT2D eigenvalue weighted by Crippen LogP contribution is 2.34. The van der Waals surface area contributed by atoms with E-state index in [1.165, 1.54) is 12.1 Å². The van der Waals surface area contributed by atoms with Gasteiger partial charge in [0.15, 0.2) is 0 Å². The number of nitrogens with two attached hydrogens (primary N) is 1. The first-order valence-electron chi connectivity index (χ1n) is 5.70. The molecular weight excluding hydrogens is 257 g/mol. The minimum atomic E-state index is -4.46. The number of nitrogen functional groups attached to an aromatic ring is 1. The molecule has 2 rings (SSSR count). The van der Waals surface area contributed by atoms with E-state index < -0.39 is 11.7 Å². The van der Waals surface area contributed by atoms with Crippen molar-refractivity contribution in [3.8, 4) is 0 Å². The summed E-state index contributed by atoms with van der Waals surface area (Å²) < 4.78 is 38.8. The molecule has 0 radical (unpaired) electrons. The molecule has 102 valence electrons. The number of halogens is 3. The smallest absolute Gasteiger partial charge is 0.383 e. The summed E-state index contributed by atoms with van der Waals surface area (Å²) in [7, 11) is 1.74. The molecule has 0 aliphatic carbocycles. The number of benzene rings is 1. The molecule has 0 saturated heterocycles. The lowest BCUT2D eigenvalue weighted by molar-refractivity contribution is -0.136. The van der Waals surface area contributed by atoms with Crippen LogP contribution in [-0.2, 0) is 12.6 Å². The molecule has 0 fully saturated rings. The van der Waals surface area contributed by atoms with Crippen LogP contribution >= 0.6 is 0 Å². The van der Waals surface area contributed by atoms with Gasteiger partial charge in [-0.15, -0.1) is 0 Å². The number of anilines is 1. The molecule has 0 amide bonds. The first-order chi connectivity index (χ1) is 8.93. The molecular formula is C12H13F3N4. The molecule has 1 aromatic heterocycles. The Kier molecular flexibility index (Phi) is 3.57. The van der Waals surface area contributed by atoms with Gasteiger partial charge in [0.25, 0.3) is 0 Å². The molecule has 1 aromatic carbocycles. The Morgan fingerprint density at radius 1 is 1.26 bits per heavy atom. The highest BCUT2D eigenvalue weighted by Gasteiger charge is 2.33. The molecule has 3 N–H and O–H groups in total. The number of para-hydroxylation sites is 1. The zero-order chi connectivity index (χ0) is 14.0. The van der Waals surface area contributed by atoms with E-state index in [2.05, 4.69) is 15.3 Å². The van der Waals surface area contributed by atoms with E-state index in [0.29, 0.717) is 18.8 Å². The van der Waals surface area contributed by atoms with E-state index >= 15 is 0 Å². The van der Waals surface area contributed by atoms with Gasteiger partial charge in [-0.2, -0.15) is 13.2 Å². The van der Waals surface area contributed by atoms with E-state index in [4.69, 9.17) is 5.73 Å². The van der Waals surface area contributed by atoms with Crippen molar-refractivity contribution in [2.24, 2.45) is 0 Å². The van der Waals surface area contributed by atoms with Gasteiger partial charge < -0.3 is 11.1 Å². The minimum absolute atomic E-state index is 0.0715. The van der Waals surface area contributed by atoms with Crippen LogP contribution < -0.4 is 11.1 Å². The quantitative estimate of drug-likeness (QED) is 0.895. The second-order valence-electron chi connectivity index (χ2n) is 4.08. The van der Waals surface area contributed by atoms with Gasteiger partial charge in [0.1, 0.15) is 11.6 Å². The van der Waals surface area contributed by atoms with Crippen LogP contribution in [0.15, 0.2) is 18.2 Å². The highest BCUT2D eigenvalue weighted by molar-refractivity contribution is 5.90. The summed E-state index contributed by atoms with van der Waals surface area (Å²) in [5, 5.41) is 3.11. The lowest BCUT2D eigenvalue weighted by Crippen LogP contribution is -2.14. The first kappa shape index (κ1) is 13.5. The molecule has 0 saturated carbocycles. The fourth-order valence-electron chi connectivity index (χ4n) is 1.80. The third-order valence-electron chi connectivity index (χ3n) is 2.71. The summed E-state index contributed by atoms with van der Waals surface area (Å²) in [5.41, 5.74) is 4.77. The summed E-state index contributed by atoms with van der Waals surface area (Å²) in [4.78, 5) is 8.01. The van der Waals surface area contributed by atoms with Crippen molar-refractivity contribution in [3.05, 3.63) is 29.6 Å². The summed E-state index contributed by atoms with van der Waals surface area (Å²) in [6.07, 6.45) is -4.04. The molecule has 2 aromatic rings. The lowest BCUT2D eigenvalue weighted by Gasteiger charge is -2.11. The molecule has 7 heteroatoms. The van der Waals surface area contributed by atoms with Crippen LogP contribution in [0.2, 0.25) is 0 Å². The van der Waals surface area contributed by atoms with Gasteiger partial charge >= 0.3 is 6.18 Å². The van der Waals surface area contributed by atoms with Gasteiger partial charge in [-0.1, -0.05) is 6.07 Å². The Bertz CT molecular complexity index is 595. The third kappa shape index (κ3) is 2.76. The maximum absolute atomic E-state index is 12.9. The number of nitrogens with one attached hydrogen (secondary N) is 1. The van der Waals surface area contributed by atoms with Gasteiger partial charge in [0.2, 0.25) is 0 Å². The van der Waals surface area contributed by atoms with Crippen LogP contribution in [0.3, 0.4) is 0 Å². The number of alkyl halides is 3. The summed E-state index contributed by atoms with van der Waals surface area (Å²) in [6.45, 7) is 0.569. The fourth-order valence-corrected chi connectivity index (χ4v) is 1.80. The average Bonchev–Trinajstić information content (AvgIpc) is 2.34.